The second-order valence-corrected chi connectivity index (χ2v) is 7.65. The first kappa shape index (κ1) is 15.3. The Morgan fingerprint density at radius 2 is 1.74 bits per heavy atom. The number of rotatable bonds is 3. The number of nitrogens with two attached hydrogens (primary N) is 1. The van der Waals surface area contributed by atoms with Crippen molar-refractivity contribution in [1.29, 1.82) is 0 Å². The van der Waals surface area contributed by atoms with E-state index in [9.17, 15) is 0 Å². The van der Waals surface area contributed by atoms with Crippen LogP contribution < -0.4 is 5.73 Å². The molecule has 1 saturated carbocycles. The zero-order valence-corrected chi connectivity index (χ0v) is 13.4. The van der Waals surface area contributed by atoms with Crippen LogP contribution in [-0.4, -0.2) is 30.1 Å². The van der Waals surface area contributed by atoms with Crippen molar-refractivity contribution in [1.82, 2.24) is 4.90 Å². The zero-order chi connectivity index (χ0) is 14.0. The Bertz CT molecular complexity index is 276. The molecular formula is C17H34N2. The third-order valence-electron chi connectivity index (χ3n) is 5.71. The topological polar surface area (TPSA) is 29.3 Å². The van der Waals surface area contributed by atoms with Crippen molar-refractivity contribution in [3.63, 3.8) is 0 Å². The summed E-state index contributed by atoms with van der Waals surface area (Å²) in [7, 11) is 0. The second-order valence-electron chi connectivity index (χ2n) is 7.65. The smallest absolute Gasteiger partial charge is 0.0224 e. The van der Waals surface area contributed by atoms with Crippen LogP contribution in [0.25, 0.3) is 0 Å². The van der Waals surface area contributed by atoms with Crippen LogP contribution in [0.3, 0.4) is 0 Å². The maximum atomic E-state index is 6.08. The summed E-state index contributed by atoms with van der Waals surface area (Å²) in [6, 6.07) is 1.44. The number of hydrogen-bond acceptors (Lipinski definition) is 2. The molecule has 1 aliphatic heterocycles. The molecule has 19 heavy (non-hydrogen) atoms. The highest BCUT2D eigenvalue weighted by Crippen LogP contribution is 2.39. The van der Waals surface area contributed by atoms with E-state index in [4.69, 9.17) is 5.73 Å². The van der Waals surface area contributed by atoms with Crippen molar-refractivity contribution >= 4 is 0 Å². The molecule has 2 rings (SSSR count). The zero-order valence-electron chi connectivity index (χ0n) is 13.4. The van der Waals surface area contributed by atoms with Gasteiger partial charge in [0.25, 0.3) is 0 Å². The molecule has 0 aromatic heterocycles. The maximum absolute atomic E-state index is 6.08. The Balaban J connectivity index is 2.11. The molecule has 0 spiro atoms. The fraction of sp³-hybridized carbons (Fsp3) is 1.00. The van der Waals surface area contributed by atoms with Gasteiger partial charge in [-0.05, 0) is 55.9 Å². The summed E-state index contributed by atoms with van der Waals surface area (Å²) >= 11 is 0. The molecule has 1 saturated heterocycles. The Labute approximate surface area is 120 Å². The van der Waals surface area contributed by atoms with Gasteiger partial charge in [-0.3, -0.25) is 4.90 Å². The van der Waals surface area contributed by atoms with Crippen LogP contribution >= 0.6 is 0 Å². The molecule has 0 aromatic rings. The Morgan fingerprint density at radius 3 is 2.37 bits per heavy atom. The second kappa shape index (κ2) is 6.58. The van der Waals surface area contributed by atoms with E-state index in [0.717, 1.165) is 36.3 Å². The SMILES string of the molecule is CC1CCN(C2CC(C)CCC2C(C)C)C(CN)C1. The molecule has 2 fully saturated rings. The highest BCUT2D eigenvalue weighted by atomic mass is 15.2. The summed E-state index contributed by atoms with van der Waals surface area (Å²) in [6.07, 6.45) is 6.93. The quantitative estimate of drug-likeness (QED) is 0.847. The summed E-state index contributed by atoms with van der Waals surface area (Å²) in [4.78, 5) is 2.81. The molecule has 5 unspecified atom stereocenters. The minimum absolute atomic E-state index is 0.639. The molecule has 5 atom stereocenters. The van der Waals surface area contributed by atoms with Crippen molar-refractivity contribution in [2.75, 3.05) is 13.1 Å². The van der Waals surface area contributed by atoms with E-state index >= 15 is 0 Å². The maximum Gasteiger partial charge on any atom is 0.0224 e. The Morgan fingerprint density at radius 1 is 1.05 bits per heavy atom. The van der Waals surface area contributed by atoms with E-state index in [1.165, 1.54) is 38.6 Å². The Kier molecular flexibility index (Phi) is 5.30. The molecule has 2 heteroatoms. The van der Waals surface area contributed by atoms with Crippen LogP contribution in [0, 0.1) is 23.7 Å². The average Bonchev–Trinajstić information content (AvgIpc) is 2.38. The highest BCUT2D eigenvalue weighted by molar-refractivity contribution is 4.93. The van der Waals surface area contributed by atoms with Crippen molar-refractivity contribution in [2.45, 2.75) is 71.9 Å². The fourth-order valence-electron chi connectivity index (χ4n) is 4.47. The minimum Gasteiger partial charge on any atom is -0.329 e. The Hall–Kier alpha value is -0.0800. The summed E-state index contributed by atoms with van der Waals surface area (Å²) < 4.78 is 0. The molecule has 0 amide bonds. The number of hydrogen-bond donors (Lipinski definition) is 1. The normalized spacial score (nSPS) is 41.7. The van der Waals surface area contributed by atoms with Gasteiger partial charge in [-0.25, -0.2) is 0 Å². The number of nitrogens with zero attached hydrogens (tertiary/aromatic N) is 1. The third-order valence-corrected chi connectivity index (χ3v) is 5.71. The summed E-state index contributed by atoms with van der Waals surface area (Å²) in [5.74, 6) is 3.47. The van der Waals surface area contributed by atoms with Crippen LogP contribution in [0.4, 0.5) is 0 Å². The monoisotopic (exact) mass is 266 g/mol. The van der Waals surface area contributed by atoms with Gasteiger partial charge in [0.2, 0.25) is 0 Å². The lowest BCUT2D eigenvalue weighted by Crippen LogP contribution is -2.55. The van der Waals surface area contributed by atoms with Crippen LogP contribution in [0.5, 0.6) is 0 Å². The molecule has 2 aliphatic rings. The predicted molar refractivity (Wildman–Crippen MR) is 83.1 cm³/mol. The van der Waals surface area contributed by atoms with Crippen molar-refractivity contribution < 1.29 is 0 Å². The first-order valence-corrected chi connectivity index (χ1v) is 8.48. The number of likely N-dealkylation sites (tertiary alicyclic amines) is 1. The van der Waals surface area contributed by atoms with E-state index in [1.807, 2.05) is 0 Å². The first-order chi connectivity index (χ1) is 9.02. The third kappa shape index (κ3) is 3.52. The van der Waals surface area contributed by atoms with Crippen LogP contribution in [0.1, 0.15) is 59.8 Å². The predicted octanol–water partition coefficient (Wildman–Crippen LogP) is 3.51. The van der Waals surface area contributed by atoms with Gasteiger partial charge in [0.05, 0.1) is 0 Å². The summed E-state index contributed by atoms with van der Waals surface area (Å²) in [5.41, 5.74) is 6.08. The van der Waals surface area contributed by atoms with E-state index < -0.39 is 0 Å². The van der Waals surface area contributed by atoms with Gasteiger partial charge < -0.3 is 5.73 Å². The lowest BCUT2D eigenvalue weighted by Gasteiger charge is -2.49. The molecule has 0 aromatic carbocycles. The molecule has 0 bridgehead atoms. The van der Waals surface area contributed by atoms with E-state index in [1.54, 1.807) is 0 Å². The van der Waals surface area contributed by atoms with Crippen LogP contribution in [0.2, 0.25) is 0 Å². The standard InChI is InChI=1S/C17H34N2/c1-12(2)16-6-5-13(3)10-17(16)19-8-7-14(4)9-15(19)11-18/h12-17H,5-11,18H2,1-4H3. The van der Waals surface area contributed by atoms with Gasteiger partial charge in [-0.1, -0.05) is 34.1 Å². The largest absolute Gasteiger partial charge is 0.329 e. The van der Waals surface area contributed by atoms with E-state index in [-0.39, 0.29) is 0 Å². The van der Waals surface area contributed by atoms with Gasteiger partial charge in [-0.2, -0.15) is 0 Å². The van der Waals surface area contributed by atoms with Gasteiger partial charge in [-0.15, -0.1) is 0 Å². The van der Waals surface area contributed by atoms with Gasteiger partial charge >= 0.3 is 0 Å². The van der Waals surface area contributed by atoms with Crippen LogP contribution in [-0.2, 0) is 0 Å². The molecule has 2 N–H and O–H groups in total. The van der Waals surface area contributed by atoms with E-state index in [2.05, 4.69) is 32.6 Å². The van der Waals surface area contributed by atoms with Crippen molar-refractivity contribution in [2.24, 2.45) is 29.4 Å². The van der Waals surface area contributed by atoms with Gasteiger partial charge in [0.1, 0.15) is 0 Å². The molecular weight excluding hydrogens is 232 g/mol. The van der Waals surface area contributed by atoms with Crippen LogP contribution in [0.15, 0.2) is 0 Å². The summed E-state index contributed by atoms with van der Waals surface area (Å²) in [5, 5.41) is 0. The minimum atomic E-state index is 0.639. The average molecular weight is 266 g/mol. The lowest BCUT2D eigenvalue weighted by molar-refractivity contribution is 0.00200. The fourth-order valence-corrected chi connectivity index (χ4v) is 4.47. The molecule has 112 valence electrons. The summed E-state index contributed by atoms with van der Waals surface area (Å²) in [6.45, 7) is 11.8. The molecule has 2 nitrogen and oxygen atoms in total. The van der Waals surface area contributed by atoms with Gasteiger partial charge in [0, 0.05) is 18.6 Å². The molecule has 1 heterocycles. The molecule has 0 radical (unpaired) electrons. The van der Waals surface area contributed by atoms with Crippen molar-refractivity contribution in [3.05, 3.63) is 0 Å². The first-order valence-electron chi connectivity index (χ1n) is 8.48. The lowest BCUT2D eigenvalue weighted by atomic mass is 9.72. The number of piperidine rings is 1. The van der Waals surface area contributed by atoms with Gasteiger partial charge in [0.15, 0.2) is 0 Å². The van der Waals surface area contributed by atoms with E-state index in [0.29, 0.717) is 6.04 Å². The highest BCUT2D eigenvalue weighted by Gasteiger charge is 2.38. The molecule has 1 aliphatic carbocycles. The van der Waals surface area contributed by atoms with Crippen molar-refractivity contribution in [3.8, 4) is 0 Å².